The number of allylic oxidation sites excluding steroid dienone is 24. The highest BCUT2D eigenvalue weighted by molar-refractivity contribution is 7.45. The third-order valence-corrected chi connectivity index (χ3v) is 16.3. The van der Waals surface area contributed by atoms with Gasteiger partial charge in [0.2, 0.25) is 0 Å². The summed E-state index contributed by atoms with van der Waals surface area (Å²) >= 11 is 0. The van der Waals surface area contributed by atoms with Crippen LogP contribution in [0.5, 0.6) is 0 Å². The Labute approximate surface area is 554 Å². The molecular weight excluding hydrogens is 1130 g/mol. The van der Waals surface area contributed by atoms with Gasteiger partial charge in [-0.05, 0) is 116 Å². The van der Waals surface area contributed by atoms with Gasteiger partial charge in [-0.25, -0.2) is 0 Å². The lowest BCUT2D eigenvalue weighted by atomic mass is 10.0. The third-order valence-electron chi connectivity index (χ3n) is 15.4. The van der Waals surface area contributed by atoms with E-state index in [2.05, 4.69) is 160 Å². The van der Waals surface area contributed by atoms with E-state index in [-0.39, 0.29) is 32.0 Å². The lowest BCUT2D eigenvalue weighted by Crippen LogP contribution is -2.37. The zero-order chi connectivity index (χ0) is 65.5. The Hall–Kier alpha value is -4.11. The first-order chi connectivity index (χ1) is 44.0. The highest BCUT2D eigenvalue weighted by Crippen LogP contribution is 2.38. The Balaban J connectivity index is 4.04. The minimum absolute atomic E-state index is 0.0366. The number of carbonyl (C=O) groups excluding carboxylic acids is 2. The van der Waals surface area contributed by atoms with Crippen molar-refractivity contribution >= 4 is 19.8 Å². The first-order valence-corrected chi connectivity index (χ1v) is 38.0. The van der Waals surface area contributed by atoms with Crippen molar-refractivity contribution in [2.75, 3.05) is 47.5 Å². The summed E-state index contributed by atoms with van der Waals surface area (Å²) < 4.78 is 34.3. The number of nitrogens with zero attached hydrogens (tertiary/aromatic N) is 1. The molecule has 0 aromatic heterocycles. The number of ether oxygens (including phenoxy) is 2. The molecule has 0 amide bonds. The van der Waals surface area contributed by atoms with Crippen LogP contribution in [0.1, 0.15) is 296 Å². The summed E-state index contributed by atoms with van der Waals surface area (Å²) in [7, 11) is 1.16. The van der Waals surface area contributed by atoms with Gasteiger partial charge in [0.25, 0.3) is 7.82 Å². The molecule has 0 saturated heterocycles. The number of quaternary nitrogens is 1. The van der Waals surface area contributed by atoms with Gasteiger partial charge in [-0.3, -0.25) is 14.2 Å². The van der Waals surface area contributed by atoms with Crippen molar-refractivity contribution in [1.82, 2.24) is 0 Å². The van der Waals surface area contributed by atoms with Crippen LogP contribution >= 0.6 is 7.82 Å². The van der Waals surface area contributed by atoms with Gasteiger partial charge in [-0.2, -0.15) is 0 Å². The van der Waals surface area contributed by atoms with Crippen LogP contribution in [0.25, 0.3) is 0 Å². The Morgan fingerprint density at radius 1 is 0.344 bits per heavy atom. The summed E-state index contributed by atoms with van der Waals surface area (Å²) in [4.78, 5) is 38.1. The topological polar surface area (TPSA) is 111 Å². The normalized spacial score (nSPS) is 14.0. The fraction of sp³-hybridized carbons (Fsp3) is 0.675. The van der Waals surface area contributed by atoms with Crippen LogP contribution in [-0.2, 0) is 32.7 Å². The summed E-state index contributed by atoms with van der Waals surface area (Å²) in [5.41, 5.74) is 0. The fourth-order valence-corrected chi connectivity index (χ4v) is 10.6. The van der Waals surface area contributed by atoms with Gasteiger partial charge < -0.3 is 27.9 Å². The Kier molecular flexibility index (Phi) is 66.1. The summed E-state index contributed by atoms with van der Waals surface area (Å²) in [5, 5.41) is 0. The largest absolute Gasteiger partial charge is 0.756 e. The van der Waals surface area contributed by atoms with E-state index in [0.717, 1.165) is 128 Å². The van der Waals surface area contributed by atoms with E-state index in [4.69, 9.17) is 18.5 Å². The molecule has 2 unspecified atom stereocenters. The number of unbranched alkanes of at least 4 members (excludes halogenated alkanes) is 28. The third kappa shape index (κ3) is 72.9. The predicted molar refractivity (Wildman–Crippen MR) is 387 cm³/mol. The molecule has 0 aromatic rings. The molecule has 0 radical (unpaired) electrons. The monoisotopic (exact) mass is 1270 g/mol. The smallest absolute Gasteiger partial charge is 0.306 e. The average molecular weight is 1270 g/mol. The molecule has 0 rings (SSSR count). The lowest BCUT2D eigenvalue weighted by Gasteiger charge is -2.28. The van der Waals surface area contributed by atoms with E-state index in [9.17, 15) is 19.0 Å². The number of esters is 2. The van der Waals surface area contributed by atoms with Crippen LogP contribution in [0.15, 0.2) is 146 Å². The molecule has 0 spiro atoms. The second kappa shape index (κ2) is 69.2. The van der Waals surface area contributed by atoms with Gasteiger partial charge in [0, 0.05) is 12.8 Å². The number of phosphoric ester groups is 1. The van der Waals surface area contributed by atoms with Crippen molar-refractivity contribution in [1.29, 1.82) is 0 Å². The summed E-state index contributed by atoms with van der Waals surface area (Å²) in [5.74, 6) is -0.837. The summed E-state index contributed by atoms with van der Waals surface area (Å²) in [6, 6.07) is 0. The van der Waals surface area contributed by atoms with Gasteiger partial charge in [0.1, 0.15) is 19.8 Å². The zero-order valence-electron chi connectivity index (χ0n) is 58.5. The van der Waals surface area contributed by atoms with E-state index in [1.807, 2.05) is 21.1 Å². The van der Waals surface area contributed by atoms with Crippen LogP contribution in [0.2, 0.25) is 0 Å². The van der Waals surface area contributed by atoms with E-state index in [1.54, 1.807) is 0 Å². The van der Waals surface area contributed by atoms with E-state index < -0.39 is 26.5 Å². The molecule has 0 aliphatic rings. The van der Waals surface area contributed by atoms with Gasteiger partial charge in [-0.15, -0.1) is 0 Å². The van der Waals surface area contributed by atoms with Crippen molar-refractivity contribution in [3.63, 3.8) is 0 Å². The predicted octanol–water partition coefficient (Wildman–Crippen LogP) is 23.5. The molecule has 10 heteroatoms. The maximum absolute atomic E-state index is 12.9. The molecule has 0 aliphatic heterocycles. The molecular formula is C80H136NO8P. The highest BCUT2D eigenvalue weighted by atomic mass is 31.2. The minimum Gasteiger partial charge on any atom is -0.756 e. The van der Waals surface area contributed by atoms with Gasteiger partial charge in [0.05, 0.1) is 27.7 Å². The Morgan fingerprint density at radius 3 is 0.889 bits per heavy atom. The van der Waals surface area contributed by atoms with E-state index >= 15 is 0 Å². The number of carbonyl (C=O) groups is 2. The number of hydrogen-bond donors (Lipinski definition) is 0. The standard InChI is InChI=1S/C80H136NO8P/c1-6-8-10-12-14-16-18-20-22-24-26-28-30-32-34-36-37-38-39-40-41-42-43-45-47-49-51-53-55-57-59-61-63-65-67-69-71-73-80(83)89-78(77-88-90(84,85)87-75-74-81(3,4)5)76-86-79(82)72-70-68-66-64-62-60-58-56-54-52-50-48-46-44-35-33-31-29-27-25-23-21-19-17-15-13-11-9-7-2/h8-11,14-17,20-23,26-29,32-35,37-38,46,48,78H,6-7,12-13,18-19,24-25,30-31,36,39-45,47,49-77H2,1-5H3/b10-8-,11-9-,16-14-,17-15-,22-20-,23-21-,28-26-,29-27-,34-32-,35-33-,38-37-,48-46-. The zero-order valence-corrected chi connectivity index (χ0v) is 59.4. The van der Waals surface area contributed by atoms with Gasteiger partial charge in [-0.1, -0.05) is 314 Å². The van der Waals surface area contributed by atoms with E-state index in [1.165, 1.54) is 135 Å². The first kappa shape index (κ1) is 85.9. The van der Waals surface area contributed by atoms with Crippen molar-refractivity contribution in [3.8, 4) is 0 Å². The molecule has 0 aliphatic carbocycles. The number of rotatable bonds is 66. The first-order valence-electron chi connectivity index (χ1n) is 36.5. The quantitative estimate of drug-likeness (QED) is 0.0195. The van der Waals surface area contributed by atoms with Crippen LogP contribution < -0.4 is 4.89 Å². The maximum atomic E-state index is 12.9. The molecule has 90 heavy (non-hydrogen) atoms. The molecule has 514 valence electrons. The van der Waals surface area contributed by atoms with E-state index in [0.29, 0.717) is 17.4 Å². The maximum Gasteiger partial charge on any atom is 0.306 e. The highest BCUT2D eigenvalue weighted by Gasteiger charge is 2.22. The van der Waals surface area contributed by atoms with Crippen molar-refractivity contribution in [2.45, 2.75) is 302 Å². The van der Waals surface area contributed by atoms with Crippen LogP contribution in [0.4, 0.5) is 0 Å². The van der Waals surface area contributed by atoms with Crippen LogP contribution in [-0.4, -0.2) is 70.0 Å². The average Bonchev–Trinajstić information content (AvgIpc) is 3.58. The van der Waals surface area contributed by atoms with Crippen molar-refractivity contribution in [2.24, 2.45) is 0 Å². The van der Waals surface area contributed by atoms with Gasteiger partial charge >= 0.3 is 11.9 Å². The molecule has 0 saturated carbocycles. The number of hydrogen-bond acceptors (Lipinski definition) is 8. The molecule has 2 atom stereocenters. The molecule has 9 nitrogen and oxygen atoms in total. The molecule has 0 bridgehead atoms. The van der Waals surface area contributed by atoms with Crippen molar-refractivity contribution in [3.05, 3.63) is 146 Å². The Bertz CT molecular complexity index is 2030. The second-order valence-electron chi connectivity index (χ2n) is 25.2. The summed E-state index contributed by atoms with van der Waals surface area (Å²) in [6.45, 7) is 4.02. The van der Waals surface area contributed by atoms with Gasteiger partial charge in [0.15, 0.2) is 6.10 Å². The minimum atomic E-state index is -4.65. The fourth-order valence-electron chi connectivity index (χ4n) is 9.84. The molecule has 0 fully saturated rings. The number of phosphoric acid groups is 1. The SMILES string of the molecule is CC/C=C\C/C=C\C/C=C\C/C=C\C/C=C\C/C=C\CCCCCCCCCCCCCCCCCCCCC(=O)OC(COC(=O)CCCCCCCCCCCC/C=C\C/C=C\C/C=C\C/C=C\C/C=C\C/C=C\CC)COP(=O)([O-])OCC[N+](C)(C)C. The summed E-state index contributed by atoms with van der Waals surface area (Å²) in [6.07, 6.45) is 102. The molecule has 0 heterocycles. The molecule has 0 aromatic carbocycles. The van der Waals surface area contributed by atoms with Crippen molar-refractivity contribution < 1.29 is 42.1 Å². The number of likely N-dealkylation sites (N-methyl/N-ethyl adjacent to an activating group) is 1. The lowest BCUT2D eigenvalue weighted by molar-refractivity contribution is -0.870. The van der Waals surface area contributed by atoms with Crippen LogP contribution in [0, 0.1) is 0 Å². The van der Waals surface area contributed by atoms with Crippen LogP contribution in [0.3, 0.4) is 0 Å². The second-order valence-corrected chi connectivity index (χ2v) is 26.6. The Morgan fingerprint density at radius 2 is 0.600 bits per heavy atom. The molecule has 0 N–H and O–H groups in total.